The first-order valence-electron chi connectivity index (χ1n) is 6.12. The Labute approximate surface area is 97.5 Å². The van der Waals surface area contributed by atoms with E-state index in [1.807, 2.05) is 19.1 Å². The molecule has 0 aromatic carbocycles. The molecule has 0 radical (unpaired) electrons. The highest BCUT2D eigenvalue weighted by molar-refractivity contribution is 5.49. The molecular formula is C13H21N3. The van der Waals surface area contributed by atoms with Gasteiger partial charge in [0.05, 0.1) is 11.4 Å². The Morgan fingerprint density at radius 2 is 2.19 bits per heavy atom. The predicted octanol–water partition coefficient (Wildman–Crippen LogP) is 2.96. The summed E-state index contributed by atoms with van der Waals surface area (Å²) in [5.74, 6) is 0.950. The molecule has 1 aliphatic rings. The van der Waals surface area contributed by atoms with Gasteiger partial charge >= 0.3 is 0 Å². The van der Waals surface area contributed by atoms with E-state index in [1.54, 1.807) is 0 Å². The summed E-state index contributed by atoms with van der Waals surface area (Å²) in [5, 5.41) is 3.44. The van der Waals surface area contributed by atoms with Crippen molar-refractivity contribution in [3.05, 3.63) is 17.8 Å². The molecule has 88 valence electrons. The van der Waals surface area contributed by atoms with Crippen LogP contribution >= 0.6 is 0 Å². The van der Waals surface area contributed by atoms with E-state index in [1.165, 1.54) is 25.7 Å². The summed E-state index contributed by atoms with van der Waals surface area (Å²) >= 11 is 0. The summed E-state index contributed by atoms with van der Waals surface area (Å²) in [6.45, 7) is 5.27. The Morgan fingerprint density at radius 1 is 1.44 bits per heavy atom. The first kappa shape index (κ1) is 11.2. The molecule has 1 heterocycles. The average Bonchev–Trinajstić information content (AvgIpc) is 2.22. The van der Waals surface area contributed by atoms with E-state index in [0.717, 1.165) is 23.7 Å². The van der Waals surface area contributed by atoms with Crippen molar-refractivity contribution in [3.63, 3.8) is 0 Å². The smallest absolute Gasteiger partial charge is 0.126 e. The van der Waals surface area contributed by atoms with Gasteiger partial charge in [-0.25, -0.2) is 4.98 Å². The van der Waals surface area contributed by atoms with Crippen LogP contribution in [0.2, 0.25) is 0 Å². The Morgan fingerprint density at radius 3 is 2.69 bits per heavy atom. The second kappa shape index (κ2) is 4.32. The van der Waals surface area contributed by atoms with Gasteiger partial charge in [-0.15, -0.1) is 0 Å². The second-order valence-corrected chi connectivity index (χ2v) is 4.93. The van der Waals surface area contributed by atoms with Crippen molar-refractivity contribution in [2.75, 3.05) is 17.6 Å². The van der Waals surface area contributed by atoms with Crippen molar-refractivity contribution in [3.8, 4) is 0 Å². The monoisotopic (exact) mass is 219 g/mol. The molecule has 0 aliphatic heterocycles. The lowest BCUT2D eigenvalue weighted by Gasteiger charge is -2.41. The molecule has 3 N–H and O–H groups in total. The van der Waals surface area contributed by atoms with Crippen LogP contribution in [0, 0.1) is 12.3 Å². The SMILES string of the molecule is CCC1(CNc2ccc(N)c(C)n2)CCC1. The van der Waals surface area contributed by atoms with Gasteiger partial charge in [-0.1, -0.05) is 13.3 Å². The molecular weight excluding hydrogens is 198 g/mol. The summed E-state index contributed by atoms with van der Waals surface area (Å²) in [6, 6.07) is 3.88. The Hall–Kier alpha value is -1.25. The number of pyridine rings is 1. The molecule has 3 heteroatoms. The van der Waals surface area contributed by atoms with E-state index in [9.17, 15) is 0 Å². The van der Waals surface area contributed by atoms with Gasteiger partial charge in [-0.2, -0.15) is 0 Å². The van der Waals surface area contributed by atoms with Crippen LogP contribution in [-0.4, -0.2) is 11.5 Å². The summed E-state index contributed by atoms with van der Waals surface area (Å²) in [5.41, 5.74) is 7.94. The number of nitrogens with one attached hydrogen (secondary N) is 1. The maximum Gasteiger partial charge on any atom is 0.126 e. The number of hydrogen-bond donors (Lipinski definition) is 2. The quantitative estimate of drug-likeness (QED) is 0.818. The summed E-state index contributed by atoms with van der Waals surface area (Å²) in [6.07, 6.45) is 5.34. The van der Waals surface area contributed by atoms with Crippen molar-refractivity contribution in [1.29, 1.82) is 0 Å². The third kappa shape index (κ3) is 2.13. The van der Waals surface area contributed by atoms with Crippen LogP contribution < -0.4 is 11.1 Å². The highest BCUT2D eigenvalue weighted by atomic mass is 15.0. The largest absolute Gasteiger partial charge is 0.397 e. The van der Waals surface area contributed by atoms with Gasteiger partial charge in [-0.05, 0) is 43.7 Å². The standard InChI is InChI=1S/C13H21N3/c1-3-13(7-4-8-13)9-15-12-6-5-11(14)10(2)16-12/h5-6H,3-4,7-9,14H2,1-2H3,(H,15,16). The fourth-order valence-corrected chi connectivity index (χ4v) is 2.28. The Balaban J connectivity index is 1.96. The molecule has 0 spiro atoms. The van der Waals surface area contributed by atoms with Gasteiger partial charge in [0.2, 0.25) is 0 Å². The number of aromatic nitrogens is 1. The normalized spacial score (nSPS) is 17.9. The minimum atomic E-state index is 0.525. The Kier molecular flexibility index (Phi) is 3.03. The fraction of sp³-hybridized carbons (Fsp3) is 0.615. The maximum absolute atomic E-state index is 5.74. The van der Waals surface area contributed by atoms with E-state index in [-0.39, 0.29) is 0 Å². The second-order valence-electron chi connectivity index (χ2n) is 4.93. The molecule has 0 amide bonds. The molecule has 1 aromatic rings. The fourth-order valence-electron chi connectivity index (χ4n) is 2.28. The third-order valence-corrected chi connectivity index (χ3v) is 3.94. The van der Waals surface area contributed by atoms with Crippen LogP contribution in [0.5, 0.6) is 0 Å². The lowest BCUT2D eigenvalue weighted by molar-refractivity contribution is 0.145. The van der Waals surface area contributed by atoms with Crippen LogP contribution in [0.4, 0.5) is 11.5 Å². The topological polar surface area (TPSA) is 50.9 Å². The van der Waals surface area contributed by atoms with Crippen molar-refractivity contribution in [2.24, 2.45) is 5.41 Å². The molecule has 0 unspecified atom stereocenters. The van der Waals surface area contributed by atoms with Crippen molar-refractivity contribution >= 4 is 11.5 Å². The molecule has 0 bridgehead atoms. The van der Waals surface area contributed by atoms with E-state index >= 15 is 0 Å². The van der Waals surface area contributed by atoms with Crippen LogP contribution in [-0.2, 0) is 0 Å². The Bertz CT molecular complexity index is 364. The number of nitrogen functional groups attached to an aromatic ring is 1. The molecule has 3 nitrogen and oxygen atoms in total. The van der Waals surface area contributed by atoms with Crippen molar-refractivity contribution < 1.29 is 0 Å². The molecule has 0 atom stereocenters. The van der Waals surface area contributed by atoms with Crippen LogP contribution in [0.25, 0.3) is 0 Å². The molecule has 0 saturated heterocycles. The van der Waals surface area contributed by atoms with Crippen LogP contribution in [0.3, 0.4) is 0 Å². The minimum Gasteiger partial charge on any atom is -0.397 e. The van der Waals surface area contributed by atoms with Gasteiger partial charge in [0.1, 0.15) is 5.82 Å². The van der Waals surface area contributed by atoms with Gasteiger partial charge in [0, 0.05) is 6.54 Å². The number of hydrogen-bond acceptors (Lipinski definition) is 3. The van der Waals surface area contributed by atoms with E-state index in [4.69, 9.17) is 5.73 Å². The highest BCUT2D eigenvalue weighted by Crippen LogP contribution is 2.43. The van der Waals surface area contributed by atoms with Crippen LogP contribution in [0.1, 0.15) is 38.3 Å². The molecule has 2 rings (SSSR count). The van der Waals surface area contributed by atoms with Gasteiger partial charge < -0.3 is 11.1 Å². The number of aryl methyl sites for hydroxylation is 1. The summed E-state index contributed by atoms with van der Waals surface area (Å²) in [4.78, 5) is 4.43. The highest BCUT2D eigenvalue weighted by Gasteiger charge is 2.34. The van der Waals surface area contributed by atoms with Crippen molar-refractivity contribution in [2.45, 2.75) is 39.5 Å². The number of nitrogens with two attached hydrogens (primary N) is 1. The van der Waals surface area contributed by atoms with Crippen molar-refractivity contribution in [1.82, 2.24) is 4.98 Å². The molecule has 1 fully saturated rings. The molecule has 1 aromatic heterocycles. The number of rotatable bonds is 4. The maximum atomic E-state index is 5.74. The van der Waals surface area contributed by atoms with E-state index < -0.39 is 0 Å². The zero-order chi connectivity index (χ0) is 11.6. The lowest BCUT2D eigenvalue weighted by atomic mass is 9.67. The summed E-state index contributed by atoms with van der Waals surface area (Å²) < 4.78 is 0. The van der Waals surface area contributed by atoms with Gasteiger partial charge in [0.25, 0.3) is 0 Å². The molecule has 1 saturated carbocycles. The predicted molar refractivity (Wildman–Crippen MR) is 68.5 cm³/mol. The lowest BCUT2D eigenvalue weighted by Crippen LogP contribution is -2.36. The first-order valence-corrected chi connectivity index (χ1v) is 6.12. The molecule has 1 aliphatic carbocycles. The van der Waals surface area contributed by atoms with E-state index in [0.29, 0.717) is 5.41 Å². The number of anilines is 2. The summed E-state index contributed by atoms with van der Waals surface area (Å²) in [7, 11) is 0. The average molecular weight is 219 g/mol. The number of nitrogens with zero attached hydrogens (tertiary/aromatic N) is 1. The zero-order valence-corrected chi connectivity index (χ0v) is 10.2. The van der Waals surface area contributed by atoms with E-state index in [2.05, 4.69) is 17.2 Å². The minimum absolute atomic E-state index is 0.525. The first-order chi connectivity index (χ1) is 7.65. The third-order valence-electron chi connectivity index (χ3n) is 3.94. The van der Waals surface area contributed by atoms with Gasteiger partial charge in [0.15, 0.2) is 0 Å². The molecule has 16 heavy (non-hydrogen) atoms. The van der Waals surface area contributed by atoms with Crippen LogP contribution in [0.15, 0.2) is 12.1 Å². The zero-order valence-electron chi connectivity index (χ0n) is 10.2. The van der Waals surface area contributed by atoms with Gasteiger partial charge in [-0.3, -0.25) is 0 Å².